The minimum Gasteiger partial charge on any atom is -0.383 e. The van der Waals surface area contributed by atoms with Gasteiger partial charge in [0.05, 0.1) is 11.8 Å². The van der Waals surface area contributed by atoms with E-state index in [1.165, 1.54) is 12.3 Å². The summed E-state index contributed by atoms with van der Waals surface area (Å²) in [6.45, 7) is 0. The molecular weight excluding hydrogens is 341 g/mol. The van der Waals surface area contributed by atoms with Gasteiger partial charge in [-0.1, -0.05) is 15.9 Å². The first-order chi connectivity index (χ1) is 9.27. The number of carbonyl (C=O) groups is 1. The van der Waals surface area contributed by atoms with E-state index in [9.17, 15) is 18.0 Å². The standard InChI is InChI=1S/C11H8BrF3N4O/c12-6-1-5(11(13,14)15)2-7(3-6)18-10(20)8-4-17-19-9(8)16/h1-4H,(H,18,20)(H3,16,17,19). The van der Waals surface area contributed by atoms with Gasteiger partial charge in [-0.3, -0.25) is 9.89 Å². The van der Waals surface area contributed by atoms with E-state index in [1.54, 1.807) is 0 Å². The molecule has 0 aliphatic heterocycles. The Labute approximate surface area is 119 Å². The van der Waals surface area contributed by atoms with Crippen LogP contribution in [0.5, 0.6) is 0 Å². The topological polar surface area (TPSA) is 83.8 Å². The average molecular weight is 349 g/mol. The maximum absolute atomic E-state index is 12.7. The van der Waals surface area contributed by atoms with Crippen molar-refractivity contribution in [3.63, 3.8) is 0 Å². The lowest BCUT2D eigenvalue weighted by Gasteiger charge is -2.10. The Morgan fingerprint density at radius 2 is 2.05 bits per heavy atom. The van der Waals surface area contributed by atoms with Crippen LogP contribution in [0.4, 0.5) is 24.7 Å². The van der Waals surface area contributed by atoms with Crippen LogP contribution in [0.3, 0.4) is 0 Å². The third kappa shape index (κ3) is 3.10. The van der Waals surface area contributed by atoms with E-state index in [2.05, 4.69) is 31.4 Å². The quantitative estimate of drug-likeness (QED) is 0.779. The summed E-state index contributed by atoms with van der Waals surface area (Å²) < 4.78 is 38.2. The first-order valence-corrected chi connectivity index (χ1v) is 6.04. The van der Waals surface area contributed by atoms with E-state index in [4.69, 9.17) is 5.73 Å². The van der Waals surface area contributed by atoms with Gasteiger partial charge in [0, 0.05) is 10.2 Å². The fraction of sp³-hybridized carbons (Fsp3) is 0.0909. The van der Waals surface area contributed by atoms with Gasteiger partial charge in [-0.05, 0) is 18.2 Å². The van der Waals surface area contributed by atoms with Gasteiger partial charge in [0.25, 0.3) is 5.91 Å². The predicted molar refractivity (Wildman–Crippen MR) is 70.1 cm³/mol. The molecule has 1 heterocycles. The molecule has 1 aromatic carbocycles. The highest BCUT2D eigenvalue weighted by Gasteiger charge is 2.31. The highest BCUT2D eigenvalue weighted by Crippen LogP contribution is 2.33. The number of H-pyrrole nitrogens is 1. The number of rotatable bonds is 2. The van der Waals surface area contributed by atoms with E-state index in [0.717, 1.165) is 12.1 Å². The summed E-state index contributed by atoms with van der Waals surface area (Å²) >= 11 is 2.96. The van der Waals surface area contributed by atoms with Gasteiger partial charge in [-0.25, -0.2) is 0 Å². The van der Waals surface area contributed by atoms with Gasteiger partial charge >= 0.3 is 6.18 Å². The largest absolute Gasteiger partial charge is 0.416 e. The lowest BCUT2D eigenvalue weighted by Crippen LogP contribution is -2.14. The van der Waals surface area contributed by atoms with Gasteiger partial charge in [-0.15, -0.1) is 0 Å². The van der Waals surface area contributed by atoms with Gasteiger partial charge < -0.3 is 11.1 Å². The van der Waals surface area contributed by atoms with Gasteiger partial charge in [0.15, 0.2) is 0 Å². The van der Waals surface area contributed by atoms with Crippen molar-refractivity contribution in [3.8, 4) is 0 Å². The summed E-state index contributed by atoms with van der Waals surface area (Å²) in [5, 5.41) is 8.25. The molecule has 4 N–H and O–H groups in total. The Morgan fingerprint density at radius 1 is 1.35 bits per heavy atom. The number of halogens is 4. The Kier molecular flexibility index (Phi) is 3.71. The second-order valence-electron chi connectivity index (χ2n) is 3.88. The molecule has 2 aromatic rings. The molecule has 0 aliphatic carbocycles. The third-order valence-corrected chi connectivity index (χ3v) is 2.85. The molecule has 0 aliphatic rings. The van der Waals surface area contributed by atoms with Crippen LogP contribution in [-0.4, -0.2) is 16.1 Å². The monoisotopic (exact) mass is 348 g/mol. The molecule has 5 nitrogen and oxygen atoms in total. The second kappa shape index (κ2) is 5.16. The molecule has 9 heteroatoms. The van der Waals surface area contributed by atoms with Crippen molar-refractivity contribution < 1.29 is 18.0 Å². The number of carbonyl (C=O) groups excluding carboxylic acids is 1. The molecule has 0 bridgehead atoms. The van der Waals surface area contributed by atoms with E-state index >= 15 is 0 Å². The smallest absolute Gasteiger partial charge is 0.383 e. The molecule has 0 saturated heterocycles. The Balaban J connectivity index is 2.28. The van der Waals surface area contributed by atoms with Crippen LogP contribution in [0.15, 0.2) is 28.9 Å². The zero-order chi connectivity index (χ0) is 14.9. The number of nitrogens with one attached hydrogen (secondary N) is 2. The summed E-state index contributed by atoms with van der Waals surface area (Å²) in [6.07, 6.45) is -3.31. The summed E-state index contributed by atoms with van der Waals surface area (Å²) in [5.74, 6) is -0.615. The fourth-order valence-electron chi connectivity index (χ4n) is 1.50. The number of benzene rings is 1. The molecule has 1 amide bonds. The Morgan fingerprint density at radius 3 is 2.60 bits per heavy atom. The summed E-state index contributed by atoms with van der Waals surface area (Å²) in [7, 11) is 0. The molecule has 0 atom stereocenters. The second-order valence-corrected chi connectivity index (χ2v) is 4.79. The normalized spacial score (nSPS) is 11.4. The number of hydrogen-bond donors (Lipinski definition) is 3. The Hall–Kier alpha value is -2.03. The maximum Gasteiger partial charge on any atom is 0.416 e. The Bertz CT molecular complexity index is 653. The van der Waals surface area contributed by atoms with Crippen LogP contribution in [0.2, 0.25) is 0 Å². The highest BCUT2D eigenvalue weighted by atomic mass is 79.9. The zero-order valence-electron chi connectivity index (χ0n) is 9.75. The number of hydrogen-bond acceptors (Lipinski definition) is 3. The zero-order valence-corrected chi connectivity index (χ0v) is 11.3. The van der Waals surface area contributed by atoms with Crippen molar-refractivity contribution in [2.75, 3.05) is 11.1 Å². The third-order valence-electron chi connectivity index (χ3n) is 2.40. The molecule has 2 rings (SSSR count). The molecule has 1 aromatic heterocycles. The fourth-order valence-corrected chi connectivity index (χ4v) is 1.99. The van der Waals surface area contributed by atoms with Crippen LogP contribution in [0.1, 0.15) is 15.9 Å². The van der Waals surface area contributed by atoms with Gasteiger partial charge in [0.2, 0.25) is 0 Å². The van der Waals surface area contributed by atoms with Crippen molar-refractivity contribution in [1.82, 2.24) is 10.2 Å². The maximum atomic E-state index is 12.7. The molecule has 20 heavy (non-hydrogen) atoms. The minimum absolute atomic E-state index is 0.00250. The molecule has 0 saturated carbocycles. The van der Waals surface area contributed by atoms with Crippen molar-refractivity contribution in [2.24, 2.45) is 0 Å². The predicted octanol–water partition coefficient (Wildman–Crippen LogP) is 3.03. The number of aromatic nitrogens is 2. The van der Waals surface area contributed by atoms with Crippen LogP contribution >= 0.6 is 15.9 Å². The number of anilines is 2. The van der Waals surface area contributed by atoms with Crippen LogP contribution < -0.4 is 11.1 Å². The van der Waals surface area contributed by atoms with E-state index in [-0.39, 0.29) is 21.5 Å². The first-order valence-electron chi connectivity index (χ1n) is 5.25. The highest BCUT2D eigenvalue weighted by molar-refractivity contribution is 9.10. The van der Waals surface area contributed by atoms with E-state index < -0.39 is 17.6 Å². The molecule has 0 radical (unpaired) electrons. The summed E-state index contributed by atoms with van der Waals surface area (Å²) in [5.41, 5.74) is 4.63. The van der Waals surface area contributed by atoms with Crippen LogP contribution in [0.25, 0.3) is 0 Å². The van der Waals surface area contributed by atoms with E-state index in [0.29, 0.717) is 0 Å². The van der Waals surface area contributed by atoms with Crippen molar-refractivity contribution >= 4 is 33.3 Å². The van der Waals surface area contributed by atoms with Crippen LogP contribution in [-0.2, 0) is 6.18 Å². The molecule has 0 unspecified atom stereocenters. The molecule has 0 fully saturated rings. The van der Waals surface area contributed by atoms with Gasteiger partial charge in [0.1, 0.15) is 11.4 Å². The van der Waals surface area contributed by atoms with E-state index in [1.807, 2.05) is 0 Å². The summed E-state index contributed by atoms with van der Waals surface area (Å²) in [4.78, 5) is 11.8. The number of nitrogens with zero attached hydrogens (tertiary/aromatic N) is 1. The number of nitrogen functional groups attached to an aromatic ring is 1. The average Bonchev–Trinajstić information content (AvgIpc) is 2.73. The lowest BCUT2D eigenvalue weighted by atomic mass is 10.2. The molecular formula is C11H8BrF3N4O. The first kappa shape index (κ1) is 14.4. The van der Waals surface area contributed by atoms with Crippen molar-refractivity contribution in [2.45, 2.75) is 6.18 Å². The van der Waals surface area contributed by atoms with Crippen molar-refractivity contribution in [3.05, 3.63) is 40.0 Å². The number of aromatic amines is 1. The number of alkyl halides is 3. The number of nitrogens with two attached hydrogens (primary N) is 1. The molecule has 0 spiro atoms. The summed E-state index contributed by atoms with van der Waals surface area (Å²) in [6, 6.07) is 3.10. The SMILES string of the molecule is Nc1[nH]ncc1C(=O)Nc1cc(Br)cc(C(F)(F)F)c1. The minimum atomic E-state index is -4.50. The lowest BCUT2D eigenvalue weighted by molar-refractivity contribution is -0.137. The van der Waals surface area contributed by atoms with Crippen molar-refractivity contribution in [1.29, 1.82) is 0 Å². The molecule has 106 valence electrons. The van der Waals surface area contributed by atoms with Gasteiger partial charge in [-0.2, -0.15) is 18.3 Å². The van der Waals surface area contributed by atoms with Crippen LogP contribution in [0, 0.1) is 0 Å². The number of amides is 1.